The highest BCUT2D eigenvalue weighted by Crippen LogP contribution is 2.39. The van der Waals surface area contributed by atoms with Crippen molar-refractivity contribution in [3.05, 3.63) is 29.7 Å². The van der Waals surface area contributed by atoms with E-state index in [0.717, 1.165) is 31.7 Å². The molecule has 0 saturated carbocycles. The molecular weight excluding hydrogens is 426 g/mol. The minimum absolute atomic E-state index is 0.0302. The van der Waals surface area contributed by atoms with E-state index in [4.69, 9.17) is 9.26 Å². The Bertz CT molecular complexity index is 871. The second kappa shape index (κ2) is 10.6. The van der Waals surface area contributed by atoms with Crippen LogP contribution in [0.4, 0.5) is 17.6 Å². The molecule has 2 atom stereocenters. The van der Waals surface area contributed by atoms with Crippen LogP contribution in [-0.4, -0.2) is 29.0 Å². The topological polar surface area (TPSA) is 60.2 Å². The summed E-state index contributed by atoms with van der Waals surface area (Å²) in [5.41, 5.74) is -2.06. The molecule has 3 rings (SSSR count). The van der Waals surface area contributed by atoms with E-state index in [2.05, 4.69) is 22.4 Å². The number of halogens is 4. The molecule has 1 aliphatic rings. The highest BCUT2D eigenvalue weighted by molar-refractivity contribution is 5.59. The van der Waals surface area contributed by atoms with Crippen molar-refractivity contribution in [2.45, 2.75) is 83.1 Å². The summed E-state index contributed by atoms with van der Waals surface area (Å²) in [5.74, 6) is -0.00583. The van der Waals surface area contributed by atoms with E-state index in [0.29, 0.717) is 12.8 Å². The molecule has 0 radical (unpaired) electrons. The van der Waals surface area contributed by atoms with E-state index in [1.165, 1.54) is 18.6 Å². The van der Waals surface area contributed by atoms with Crippen LogP contribution >= 0.6 is 0 Å². The van der Waals surface area contributed by atoms with Crippen LogP contribution in [0.5, 0.6) is 5.75 Å². The van der Waals surface area contributed by atoms with Crippen molar-refractivity contribution in [3.8, 4) is 17.1 Å². The van der Waals surface area contributed by atoms with Gasteiger partial charge < -0.3 is 14.6 Å². The molecule has 1 unspecified atom stereocenters. The van der Waals surface area contributed by atoms with Gasteiger partial charge in [-0.1, -0.05) is 51.1 Å². The third-order valence-corrected chi connectivity index (χ3v) is 5.91. The first kappa shape index (κ1) is 24.5. The number of alkyl halides is 4. The standard InChI is InChI=1S/C23H31F4N3O2/c1-3-5-6-7-8-9-12-31-19-11-10-16(13-17(19)23(25,26)27)20-29-21(32-30-20)18-14-22(24,4-2)15-28-18/h10-11,13,18,28H,3-9,12,14-15H2,1-2H3/t18-,22?/m0/s1. The van der Waals surface area contributed by atoms with Crippen molar-refractivity contribution in [1.29, 1.82) is 0 Å². The average Bonchev–Trinajstić information content (AvgIpc) is 3.40. The monoisotopic (exact) mass is 457 g/mol. The zero-order valence-electron chi connectivity index (χ0n) is 18.6. The van der Waals surface area contributed by atoms with Gasteiger partial charge in [0.15, 0.2) is 0 Å². The zero-order chi connectivity index (χ0) is 23.2. The summed E-state index contributed by atoms with van der Waals surface area (Å²) in [6, 6.07) is 3.29. The quantitative estimate of drug-likeness (QED) is 0.302. The van der Waals surface area contributed by atoms with Crippen molar-refractivity contribution in [2.24, 2.45) is 0 Å². The number of ether oxygens (including phenoxy) is 1. The second-order valence-electron chi connectivity index (χ2n) is 8.42. The van der Waals surface area contributed by atoms with Gasteiger partial charge in [-0.25, -0.2) is 4.39 Å². The summed E-state index contributed by atoms with van der Waals surface area (Å²) in [6.45, 7) is 4.30. The second-order valence-corrected chi connectivity index (χ2v) is 8.42. The molecule has 1 saturated heterocycles. The van der Waals surface area contributed by atoms with E-state index in [9.17, 15) is 17.6 Å². The normalized spacial score (nSPS) is 21.2. The maximum Gasteiger partial charge on any atom is 0.419 e. The minimum Gasteiger partial charge on any atom is -0.493 e. The van der Waals surface area contributed by atoms with E-state index in [1.807, 2.05) is 0 Å². The van der Waals surface area contributed by atoms with Gasteiger partial charge in [0.05, 0.1) is 18.2 Å². The summed E-state index contributed by atoms with van der Waals surface area (Å²) in [5, 5.41) is 6.81. The summed E-state index contributed by atoms with van der Waals surface area (Å²) >= 11 is 0. The first-order valence-electron chi connectivity index (χ1n) is 11.4. The maximum atomic E-state index is 14.4. The molecule has 5 nitrogen and oxygen atoms in total. The Morgan fingerprint density at radius 1 is 1.16 bits per heavy atom. The van der Waals surface area contributed by atoms with Crippen LogP contribution in [0.2, 0.25) is 0 Å². The Hall–Kier alpha value is -2.16. The van der Waals surface area contributed by atoms with Gasteiger partial charge >= 0.3 is 6.18 Å². The fraction of sp³-hybridized carbons (Fsp3) is 0.652. The lowest BCUT2D eigenvalue weighted by atomic mass is 9.99. The molecule has 178 valence electrons. The van der Waals surface area contributed by atoms with Gasteiger partial charge in [0.2, 0.25) is 11.7 Å². The number of nitrogens with one attached hydrogen (secondary N) is 1. The summed E-state index contributed by atoms with van der Waals surface area (Å²) in [6.07, 6.45) is 2.09. The molecule has 0 aliphatic carbocycles. The van der Waals surface area contributed by atoms with Gasteiger partial charge in [-0.2, -0.15) is 18.2 Å². The van der Waals surface area contributed by atoms with Crippen LogP contribution in [0.15, 0.2) is 22.7 Å². The highest BCUT2D eigenvalue weighted by atomic mass is 19.4. The molecule has 9 heteroatoms. The van der Waals surface area contributed by atoms with E-state index < -0.39 is 23.5 Å². The van der Waals surface area contributed by atoms with Gasteiger partial charge in [0.25, 0.3) is 0 Å². The molecule has 0 spiro atoms. The van der Waals surface area contributed by atoms with Crippen molar-refractivity contribution >= 4 is 0 Å². The highest BCUT2D eigenvalue weighted by Gasteiger charge is 2.41. The van der Waals surface area contributed by atoms with Crippen LogP contribution in [-0.2, 0) is 6.18 Å². The van der Waals surface area contributed by atoms with E-state index in [1.54, 1.807) is 6.92 Å². The number of benzene rings is 1. The number of nitrogens with zero attached hydrogens (tertiary/aromatic N) is 2. The molecule has 1 aliphatic heterocycles. The molecule has 2 heterocycles. The Morgan fingerprint density at radius 2 is 1.91 bits per heavy atom. The third-order valence-electron chi connectivity index (χ3n) is 5.91. The fourth-order valence-electron chi connectivity index (χ4n) is 3.84. The number of rotatable bonds is 11. The van der Waals surface area contributed by atoms with Crippen molar-refractivity contribution in [2.75, 3.05) is 13.2 Å². The minimum atomic E-state index is -4.58. The van der Waals surface area contributed by atoms with Crippen molar-refractivity contribution < 1.29 is 26.8 Å². The van der Waals surface area contributed by atoms with Crippen molar-refractivity contribution in [1.82, 2.24) is 15.5 Å². The average molecular weight is 458 g/mol. The van der Waals surface area contributed by atoms with Crippen LogP contribution in [0.3, 0.4) is 0 Å². The van der Waals surface area contributed by atoms with E-state index in [-0.39, 0.29) is 42.6 Å². The predicted octanol–water partition coefficient (Wildman–Crippen LogP) is 6.65. The number of hydrogen-bond acceptors (Lipinski definition) is 5. The molecule has 1 aromatic heterocycles. The molecule has 0 bridgehead atoms. The molecule has 32 heavy (non-hydrogen) atoms. The number of unbranched alkanes of at least 4 members (excludes halogenated alkanes) is 5. The molecule has 1 fully saturated rings. The Balaban J connectivity index is 1.67. The molecule has 0 amide bonds. The Kier molecular flexibility index (Phi) is 8.14. The smallest absolute Gasteiger partial charge is 0.419 e. The van der Waals surface area contributed by atoms with Gasteiger partial charge in [-0.05, 0) is 31.0 Å². The summed E-state index contributed by atoms with van der Waals surface area (Å²) in [4.78, 5) is 4.21. The summed E-state index contributed by atoms with van der Waals surface area (Å²) < 4.78 is 66.0. The largest absolute Gasteiger partial charge is 0.493 e. The SMILES string of the molecule is CCCCCCCCOc1ccc(-c2noc([C@@H]3CC(F)(CC)CN3)n2)cc1C(F)(F)F. The lowest BCUT2D eigenvalue weighted by Crippen LogP contribution is -2.24. The predicted molar refractivity (Wildman–Crippen MR) is 113 cm³/mol. The maximum absolute atomic E-state index is 14.4. The number of hydrogen-bond donors (Lipinski definition) is 1. The Labute approximate surface area is 185 Å². The van der Waals surface area contributed by atoms with Gasteiger partial charge in [-0.15, -0.1) is 0 Å². The van der Waals surface area contributed by atoms with Gasteiger partial charge in [-0.3, -0.25) is 0 Å². The summed E-state index contributed by atoms with van der Waals surface area (Å²) in [7, 11) is 0. The lowest BCUT2D eigenvalue weighted by Gasteiger charge is -2.15. The first-order chi connectivity index (χ1) is 15.3. The third kappa shape index (κ3) is 6.21. The van der Waals surface area contributed by atoms with E-state index >= 15 is 0 Å². The Morgan fingerprint density at radius 3 is 2.59 bits per heavy atom. The van der Waals surface area contributed by atoms with Gasteiger partial charge in [0, 0.05) is 18.5 Å². The van der Waals surface area contributed by atoms with Crippen molar-refractivity contribution in [3.63, 3.8) is 0 Å². The van der Waals surface area contributed by atoms with Crippen LogP contribution in [0.1, 0.15) is 82.7 Å². The number of aromatic nitrogens is 2. The lowest BCUT2D eigenvalue weighted by molar-refractivity contribution is -0.138. The molecular formula is C23H31F4N3O2. The van der Waals surface area contributed by atoms with Gasteiger partial charge in [0.1, 0.15) is 11.4 Å². The molecule has 2 aromatic rings. The molecule has 1 N–H and O–H groups in total. The zero-order valence-corrected chi connectivity index (χ0v) is 18.6. The van der Waals surface area contributed by atoms with Crippen LogP contribution in [0.25, 0.3) is 11.4 Å². The first-order valence-corrected chi connectivity index (χ1v) is 11.4. The van der Waals surface area contributed by atoms with Crippen LogP contribution in [0, 0.1) is 0 Å². The molecule has 1 aromatic carbocycles. The van der Waals surface area contributed by atoms with Crippen LogP contribution < -0.4 is 10.1 Å². The fourth-order valence-corrected chi connectivity index (χ4v) is 3.84.